The van der Waals surface area contributed by atoms with Crippen LogP contribution in [0, 0.1) is 11.8 Å². The number of likely N-dealkylation sites (tertiary alicyclic amines) is 1. The van der Waals surface area contributed by atoms with Crippen LogP contribution in [-0.2, 0) is 31.7 Å². The molecule has 2 fully saturated rings. The minimum atomic E-state index is -4.67. The third-order valence-corrected chi connectivity index (χ3v) is 9.07. The third-order valence-electron chi connectivity index (χ3n) is 9.07. The molecule has 2 aliphatic heterocycles. The number of benzene rings is 2. The Kier molecular flexibility index (Phi) is 6.52. The second-order valence-corrected chi connectivity index (χ2v) is 12.1. The van der Waals surface area contributed by atoms with Crippen LogP contribution in [0.2, 0.25) is 0 Å². The first kappa shape index (κ1) is 27.8. The van der Waals surface area contributed by atoms with E-state index in [0.29, 0.717) is 17.2 Å². The predicted octanol–water partition coefficient (Wildman–Crippen LogP) is 6.19. The van der Waals surface area contributed by atoms with Gasteiger partial charge >= 0.3 is 6.18 Å². The lowest BCUT2D eigenvalue weighted by atomic mass is 9.58. The fourth-order valence-corrected chi connectivity index (χ4v) is 6.95. The molecule has 0 radical (unpaired) electrons. The summed E-state index contributed by atoms with van der Waals surface area (Å²) >= 11 is 0. The van der Waals surface area contributed by atoms with Crippen LogP contribution in [0.3, 0.4) is 0 Å². The van der Waals surface area contributed by atoms with Crippen LogP contribution < -0.4 is 4.90 Å². The molecule has 11 heteroatoms. The van der Waals surface area contributed by atoms with Gasteiger partial charge in [0.15, 0.2) is 0 Å². The zero-order chi connectivity index (χ0) is 29.3. The van der Waals surface area contributed by atoms with Gasteiger partial charge in [0.2, 0.25) is 0 Å². The minimum absolute atomic E-state index is 0.0101. The largest absolute Gasteiger partial charge is 0.416 e. The molecule has 6 nitrogen and oxygen atoms in total. The van der Waals surface area contributed by atoms with E-state index in [0.717, 1.165) is 30.3 Å². The summed E-state index contributed by atoms with van der Waals surface area (Å²) in [6.45, 7) is 3.62. The average molecular weight is 574 g/mol. The Balaban J connectivity index is 1.32. The van der Waals surface area contributed by atoms with Crippen molar-refractivity contribution in [3.63, 3.8) is 0 Å². The van der Waals surface area contributed by atoms with E-state index in [-0.39, 0.29) is 49.1 Å². The summed E-state index contributed by atoms with van der Waals surface area (Å²) in [5.41, 5.74) is 0.472. The lowest BCUT2D eigenvalue weighted by molar-refractivity contribution is -0.138. The number of anilines is 1. The van der Waals surface area contributed by atoms with E-state index >= 15 is 0 Å². The van der Waals surface area contributed by atoms with E-state index in [1.165, 1.54) is 17.9 Å². The van der Waals surface area contributed by atoms with Gasteiger partial charge in [-0.1, -0.05) is 26.0 Å². The van der Waals surface area contributed by atoms with Crippen LogP contribution in [0.5, 0.6) is 0 Å². The Morgan fingerprint density at radius 2 is 1.85 bits per heavy atom. The molecule has 1 aromatic heterocycles. The second-order valence-electron chi connectivity index (χ2n) is 12.1. The first-order valence-corrected chi connectivity index (χ1v) is 13.9. The topological polar surface area (TPSA) is 54.3 Å². The summed E-state index contributed by atoms with van der Waals surface area (Å²) in [4.78, 5) is 16.8. The molecule has 1 atom stereocenters. The molecule has 1 saturated carbocycles. The lowest BCUT2D eigenvalue weighted by Gasteiger charge is -2.46. The van der Waals surface area contributed by atoms with E-state index in [1.807, 2.05) is 29.8 Å². The average Bonchev–Trinajstić information content (AvgIpc) is 3.46. The molecule has 0 bridgehead atoms. The van der Waals surface area contributed by atoms with Crippen LogP contribution in [0.1, 0.15) is 71.5 Å². The number of fused-ring (bicyclic) bond motifs is 1. The number of halogens is 5. The van der Waals surface area contributed by atoms with Gasteiger partial charge in [-0.05, 0) is 59.7 Å². The van der Waals surface area contributed by atoms with Crippen LogP contribution in [-0.4, -0.2) is 44.6 Å². The highest BCUT2D eigenvalue weighted by molar-refractivity contribution is 6.10. The molecule has 1 aliphatic carbocycles. The molecule has 2 aromatic carbocycles. The van der Waals surface area contributed by atoms with Crippen molar-refractivity contribution in [2.24, 2.45) is 18.9 Å². The Labute approximate surface area is 235 Å². The highest BCUT2D eigenvalue weighted by Gasteiger charge is 2.49. The first-order valence-electron chi connectivity index (χ1n) is 13.9. The second kappa shape index (κ2) is 9.61. The van der Waals surface area contributed by atoms with Crippen molar-refractivity contribution in [3.8, 4) is 0 Å². The standard InChI is InChI=1S/C30H32F5N5O/c1-18-12-28(13-18,27-37-36-17-38(27)3)21-5-4-6-22(11-21)40-16-24-23(26(40)41)9-20(10-25(24)30(33,34)35)15-39-8-7-29(31,32)19(2)14-39/h4-6,9-11,17-19H,7-8,12-16H2,1-3H3/t18-,19-,28-/m1/s1. The maximum Gasteiger partial charge on any atom is 0.416 e. The summed E-state index contributed by atoms with van der Waals surface area (Å²) in [5, 5.41) is 8.42. The molecule has 6 rings (SSSR count). The number of hydrogen-bond acceptors (Lipinski definition) is 4. The number of carbonyl (C=O) groups is 1. The van der Waals surface area contributed by atoms with Gasteiger partial charge < -0.3 is 9.47 Å². The fourth-order valence-electron chi connectivity index (χ4n) is 6.95. The molecule has 218 valence electrons. The van der Waals surface area contributed by atoms with E-state index < -0.39 is 29.5 Å². The molecule has 3 aromatic rings. The smallest absolute Gasteiger partial charge is 0.320 e. The zero-order valence-electron chi connectivity index (χ0n) is 23.2. The molecule has 0 spiro atoms. The molecular formula is C30H32F5N5O. The monoisotopic (exact) mass is 573 g/mol. The number of piperidine rings is 1. The van der Waals surface area contributed by atoms with Crippen LogP contribution in [0.15, 0.2) is 42.7 Å². The number of hydrogen-bond donors (Lipinski definition) is 0. The van der Waals surface area contributed by atoms with Crippen molar-refractivity contribution in [2.45, 2.75) is 63.7 Å². The zero-order valence-corrected chi connectivity index (χ0v) is 23.2. The van der Waals surface area contributed by atoms with Gasteiger partial charge in [0.25, 0.3) is 11.8 Å². The van der Waals surface area contributed by atoms with Gasteiger partial charge in [-0.3, -0.25) is 9.69 Å². The Bertz CT molecular complexity index is 1490. The van der Waals surface area contributed by atoms with E-state index in [4.69, 9.17) is 0 Å². The first-order chi connectivity index (χ1) is 19.3. The molecule has 0 N–H and O–H groups in total. The summed E-state index contributed by atoms with van der Waals surface area (Å²) in [6, 6.07) is 9.99. The van der Waals surface area contributed by atoms with Crippen molar-refractivity contribution in [1.29, 1.82) is 0 Å². The molecule has 3 heterocycles. The number of nitrogens with zero attached hydrogens (tertiary/aromatic N) is 5. The molecule has 0 unspecified atom stereocenters. The molecule has 41 heavy (non-hydrogen) atoms. The predicted molar refractivity (Wildman–Crippen MR) is 143 cm³/mol. The summed E-state index contributed by atoms with van der Waals surface area (Å²) < 4.78 is 72.7. The minimum Gasteiger partial charge on any atom is -0.320 e. The maximum absolute atomic E-state index is 14.3. The Morgan fingerprint density at radius 1 is 1.10 bits per heavy atom. The normalized spacial score (nSPS) is 26.2. The Hall–Kier alpha value is -3.34. The number of alkyl halides is 5. The highest BCUT2D eigenvalue weighted by atomic mass is 19.4. The van der Waals surface area contributed by atoms with Gasteiger partial charge in [0.05, 0.1) is 17.5 Å². The van der Waals surface area contributed by atoms with E-state index in [2.05, 4.69) is 17.1 Å². The van der Waals surface area contributed by atoms with Gasteiger partial charge in [0.1, 0.15) is 12.2 Å². The van der Waals surface area contributed by atoms with Crippen molar-refractivity contribution in [1.82, 2.24) is 19.7 Å². The molecular weight excluding hydrogens is 541 g/mol. The van der Waals surface area contributed by atoms with E-state index in [9.17, 15) is 26.7 Å². The van der Waals surface area contributed by atoms with E-state index in [1.54, 1.807) is 17.3 Å². The summed E-state index contributed by atoms with van der Waals surface area (Å²) in [6.07, 6.45) is -1.67. The lowest BCUT2D eigenvalue weighted by Crippen LogP contribution is -2.45. The number of aromatic nitrogens is 3. The molecule has 1 saturated heterocycles. The van der Waals surface area contributed by atoms with Crippen molar-refractivity contribution in [3.05, 3.63) is 76.4 Å². The molecule has 1 amide bonds. The quantitative estimate of drug-likeness (QED) is 0.342. The maximum atomic E-state index is 14.3. The summed E-state index contributed by atoms with van der Waals surface area (Å²) in [7, 11) is 1.89. The van der Waals surface area contributed by atoms with Crippen LogP contribution in [0.4, 0.5) is 27.6 Å². The van der Waals surface area contributed by atoms with Gasteiger partial charge in [-0.25, -0.2) is 8.78 Å². The van der Waals surface area contributed by atoms with Crippen LogP contribution in [0.25, 0.3) is 0 Å². The van der Waals surface area contributed by atoms with Crippen molar-refractivity contribution in [2.75, 3.05) is 18.0 Å². The Morgan fingerprint density at radius 3 is 2.49 bits per heavy atom. The van der Waals surface area contributed by atoms with Crippen molar-refractivity contribution < 1.29 is 26.7 Å². The third kappa shape index (κ3) is 4.71. The van der Waals surface area contributed by atoms with Crippen molar-refractivity contribution >= 4 is 11.6 Å². The number of carbonyl (C=O) groups excluding carboxylic acids is 1. The SMILES string of the molecule is C[C@@H]1CN(Cc2cc3c(c(C(F)(F)F)c2)CN(c2cccc([C@]4(c5nncn5C)C[C@H](C)C4)c2)C3=O)CCC1(F)F. The summed E-state index contributed by atoms with van der Waals surface area (Å²) in [5.74, 6) is -2.91. The van der Waals surface area contributed by atoms with Crippen LogP contribution >= 0.6 is 0 Å². The fraction of sp³-hybridized carbons (Fsp3) is 0.500. The highest BCUT2D eigenvalue weighted by Crippen LogP contribution is 2.52. The number of aryl methyl sites for hydroxylation is 1. The van der Waals surface area contributed by atoms with Gasteiger partial charge in [0, 0.05) is 50.3 Å². The molecule has 3 aliphatic rings. The number of amides is 1. The van der Waals surface area contributed by atoms with Gasteiger partial charge in [-0.15, -0.1) is 10.2 Å². The van der Waals surface area contributed by atoms with Gasteiger partial charge in [-0.2, -0.15) is 13.2 Å². The number of rotatable bonds is 5.